The molecule has 1 unspecified atom stereocenters. The lowest BCUT2D eigenvalue weighted by Gasteiger charge is -2.33. The van der Waals surface area contributed by atoms with Crippen LogP contribution < -0.4 is 4.90 Å². The highest BCUT2D eigenvalue weighted by Crippen LogP contribution is 2.35. The van der Waals surface area contributed by atoms with Gasteiger partial charge in [0.05, 0.1) is 16.0 Å². The van der Waals surface area contributed by atoms with E-state index in [1.54, 1.807) is 4.90 Å². The van der Waals surface area contributed by atoms with Crippen LogP contribution in [0.5, 0.6) is 0 Å². The van der Waals surface area contributed by atoms with Crippen LogP contribution in [0, 0.1) is 21.8 Å². The summed E-state index contributed by atoms with van der Waals surface area (Å²) in [6.07, 6.45) is 1.72. The minimum atomic E-state index is -0.798. The Kier molecular flexibility index (Phi) is 4.21. The van der Waals surface area contributed by atoms with E-state index in [2.05, 4.69) is 0 Å². The van der Waals surface area contributed by atoms with Gasteiger partial charge in [0.25, 0.3) is 5.69 Å². The van der Waals surface area contributed by atoms with Crippen molar-refractivity contribution in [3.8, 4) is 0 Å². The summed E-state index contributed by atoms with van der Waals surface area (Å²) in [5, 5.41) is 20.1. The fourth-order valence-electron chi connectivity index (χ4n) is 2.36. The van der Waals surface area contributed by atoms with E-state index >= 15 is 0 Å². The maximum Gasteiger partial charge on any atom is 0.295 e. The number of aliphatic hydroxyl groups is 1. The molecule has 7 heteroatoms. The third-order valence-electron chi connectivity index (χ3n) is 3.33. The van der Waals surface area contributed by atoms with E-state index in [1.165, 1.54) is 6.07 Å². The van der Waals surface area contributed by atoms with Gasteiger partial charge in [-0.1, -0.05) is 11.6 Å². The maximum atomic E-state index is 13.3. The SMILES string of the molecule is O=[N+]([O-])c1cc(F)c(Cl)cc1N1CCCC(CO)C1. The summed E-state index contributed by atoms with van der Waals surface area (Å²) >= 11 is 5.71. The number of nitro benzene ring substituents is 1. The number of nitro groups is 1. The van der Waals surface area contributed by atoms with Crippen LogP contribution >= 0.6 is 11.6 Å². The molecular formula is C12H14ClFN2O3. The molecule has 0 saturated carbocycles. The lowest BCUT2D eigenvalue weighted by atomic mass is 9.98. The molecule has 1 atom stereocenters. The number of piperidine rings is 1. The maximum absolute atomic E-state index is 13.3. The highest BCUT2D eigenvalue weighted by Gasteiger charge is 2.26. The molecule has 1 N–H and O–H groups in total. The molecule has 0 bridgehead atoms. The van der Waals surface area contributed by atoms with Crippen LogP contribution in [-0.2, 0) is 0 Å². The second-order valence-corrected chi connectivity index (χ2v) is 5.06. The fourth-order valence-corrected chi connectivity index (χ4v) is 2.52. The van der Waals surface area contributed by atoms with E-state index in [-0.39, 0.29) is 23.2 Å². The van der Waals surface area contributed by atoms with E-state index in [0.29, 0.717) is 18.8 Å². The van der Waals surface area contributed by atoms with Gasteiger partial charge in [-0.25, -0.2) is 4.39 Å². The van der Waals surface area contributed by atoms with Crippen LogP contribution in [0.2, 0.25) is 5.02 Å². The Morgan fingerprint density at radius 2 is 2.32 bits per heavy atom. The van der Waals surface area contributed by atoms with Crippen molar-refractivity contribution < 1.29 is 14.4 Å². The molecule has 2 rings (SSSR count). The van der Waals surface area contributed by atoms with Gasteiger partial charge in [0.15, 0.2) is 0 Å². The van der Waals surface area contributed by atoms with Crippen molar-refractivity contribution in [3.63, 3.8) is 0 Å². The molecule has 1 fully saturated rings. The number of aliphatic hydroxyl groups excluding tert-OH is 1. The Morgan fingerprint density at radius 3 is 2.95 bits per heavy atom. The molecule has 1 aromatic rings. The van der Waals surface area contributed by atoms with E-state index < -0.39 is 10.7 Å². The van der Waals surface area contributed by atoms with Crippen LogP contribution in [0.15, 0.2) is 12.1 Å². The fraction of sp³-hybridized carbons (Fsp3) is 0.500. The van der Waals surface area contributed by atoms with Crippen molar-refractivity contribution in [3.05, 3.63) is 33.1 Å². The molecule has 1 heterocycles. The zero-order valence-corrected chi connectivity index (χ0v) is 10.9. The zero-order valence-electron chi connectivity index (χ0n) is 10.2. The molecule has 0 aromatic heterocycles. The van der Waals surface area contributed by atoms with Gasteiger partial charge in [0.2, 0.25) is 0 Å². The van der Waals surface area contributed by atoms with Crippen molar-refractivity contribution in [2.45, 2.75) is 12.8 Å². The smallest absolute Gasteiger partial charge is 0.295 e. The number of rotatable bonds is 3. The van der Waals surface area contributed by atoms with Crippen LogP contribution in [0.25, 0.3) is 0 Å². The van der Waals surface area contributed by atoms with Gasteiger partial charge >= 0.3 is 0 Å². The largest absolute Gasteiger partial charge is 0.396 e. The average molecular weight is 289 g/mol. The first-order valence-electron chi connectivity index (χ1n) is 6.02. The predicted octanol–water partition coefficient (Wildman–Crippen LogP) is 2.60. The Morgan fingerprint density at radius 1 is 1.58 bits per heavy atom. The van der Waals surface area contributed by atoms with Gasteiger partial charge in [0, 0.05) is 19.7 Å². The van der Waals surface area contributed by atoms with E-state index in [1.807, 2.05) is 0 Å². The number of anilines is 1. The van der Waals surface area contributed by atoms with Gasteiger partial charge in [-0.15, -0.1) is 0 Å². The number of halogens is 2. The lowest BCUT2D eigenvalue weighted by Crippen LogP contribution is -2.37. The van der Waals surface area contributed by atoms with Crippen LogP contribution in [0.1, 0.15) is 12.8 Å². The second kappa shape index (κ2) is 5.71. The summed E-state index contributed by atoms with van der Waals surface area (Å²) in [4.78, 5) is 12.2. The van der Waals surface area contributed by atoms with Crippen molar-refractivity contribution in [2.24, 2.45) is 5.92 Å². The topological polar surface area (TPSA) is 66.6 Å². The summed E-state index contributed by atoms with van der Waals surface area (Å²) in [5.41, 5.74) is 0.0232. The number of benzene rings is 1. The molecule has 104 valence electrons. The van der Waals surface area contributed by atoms with Crippen LogP contribution in [0.3, 0.4) is 0 Å². The Labute approximate surface area is 114 Å². The number of hydrogen-bond acceptors (Lipinski definition) is 4. The normalized spacial score (nSPS) is 19.5. The standard InChI is InChI=1S/C12H14ClFN2O3/c13-9-4-11(12(16(18)19)5-10(9)14)15-3-1-2-8(6-15)7-17/h4-5,8,17H,1-3,6-7H2. The quantitative estimate of drug-likeness (QED) is 0.686. The summed E-state index contributed by atoms with van der Waals surface area (Å²) in [6.45, 7) is 1.19. The van der Waals surface area contributed by atoms with Gasteiger partial charge in [-0.05, 0) is 24.8 Å². The summed E-state index contributed by atoms with van der Waals surface area (Å²) in [7, 11) is 0. The molecule has 5 nitrogen and oxygen atoms in total. The molecule has 1 saturated heterocycles. The number of nitrogens with zero attached hydrogens (tertiary/aromatic N) is 2. The first kappa shape index (κ1) is 14.0. The molecule has 1 aliphatic heterocycles. The van der Waals surface area contributed by atoms with Gasteiger partial charge in [0.1, 0.15) is 11.5 Å². The third kappa shape index (κ3) is 2.96. The molecule has 1 aliphatic rings. The molecular weight excluding hydrogens is 275 g/mol. The van der Waals surface area contributed by atoms with Crippen molar-refractivity contribution in [1.29, 1.82) is 0 Å². The predicted molar refractivity (Wildman–Crippen MR) is 70.1 cm³/mol. The Bertz CT molecular complexity index is 498. The van der Waals surface area contributed by atoms with Crippen molar-refractivity contribution >= 4 is 23.0 Å². The van der Waals surface area contributed by atoms with Gasteiger partial charge in [-0.2, -0.15) is 0 Å². The summed E-state index contributed by atoms with van der Waals surface area (Å²) in [5.74, 6) is -0.718. The van der Waals surface area contributed by atoms with E-state index in [4.69, 9.17) is 11.6 Å². The minimum Gasteiger partial charge on any atom is -0.396 e. The second-order valence-electron chi connectivity index (χ2n) is 4.65. The van der Waals surface area contributed by atoms with Gasteiger partial charge in [-0.3, -0.25) is 10.1 Å². The summed E-state index contributed by atoms with van der Waals surface area (Å²) in [6, 6.07) is 2.13. The van der Waals surface area contributed by atoms with Gasteiger partial charge < -0.3 is 10.0 Å². The third-order valence-corrected chi connectivity index (χ3v) is 3.62. The number of hydrogen-bond donors (Lipinski definition) is 1. The minimum absolute atomic E-state index is 0.0409. The molecule has 1 aromatic carbocycles. The van der Waals surface area contributed by atoms with E-state index in [9.17, 15) is 19.6 Å². The van der Waals surface area contributed by atoms with Crippen molar-refractivity contribution in [1.82, 2.24) is 0 Å². The highest BCUT2D eigenvalue weighted by molar-refractivity contribution is 6.31. The summed E-state index contributed by atoms with van der Waals surface area (Å²) < 4.78 is 13.3. The van der Waals surface area contributed by atoms with Crippen molar-refractivity contribution in [2.75, 3.05) is 24.6 Å². The average Bonchev–Trinajstić information content (AvgIpc) is 2.41. The molecule has 19 heavy (non-hydrogen) atoms. The molecule has 0 aliphatic carbocycles. The van der Waals surface area contributed by atoms with Crippen LogP contribution in [-0.4, -0.2) is 29.7 Å². The monoisotopic (exact) mass is 288 g/mol. The van der Waals surface area contributed by atoms with E-state index in [0.717, 1.165) is 18.9 Å². The first-order valence-corrected chi connectivity index (χ1v) is 6.40. The molecule has 0 spiro atoms. The lowest BCUT2D eigenvalue weighted by molar-refractivity contribution is -0.384. The highest BCUT2D eigenvalue weighted by atomic mass is 35.5. The molecule has 0 amide bonds. The first-order chi connectivity index (χ1) is 9.02. The Balaban J connectivity index is 2.37. The molecule has 0 radical (unpaired) electrons. The van der Waals surface area contributed by atoms with Crippen LogP contribution in [0.4, 0.5) is 15.8 Å². The Hall–Kier alpha value is -1.40. The zero-order chi connectivity index (χ0) is 14.0.